The van der Waals surface area contributed by atoms with Crippen molar-refractivity contribution < 1.29 is 14.0 Å². The molecule has 0 saturated heterocycles. The molecular weight excluding hydrogens is 357 g/mol. The number of nitrogens with one attached hydrogen (secondary N) is 2. The summed E-state index contributed by atoms with van der Waals surface area (Å²) >= 11 is 0. The van der Waals surface area contributed by atoms with Crippen LogP contribution in [0.5, 0.6) is 0 Å². The van der Waals surface area contributed by atoms with Crippen molar-refractivity contribution >= 4 is 23.2 Å². The maximum atomic E-state index is 13.9. The summed E-state index contributed by atoms with van der Waals surface area (Å²) in [6.07, 6.45) is 1.68. The zero-order valence-corrected chi connectivity index (χ0v) is 16.3. The zero-order valence-electron chi connectivity index (χ0n) is 16.3. The molecule has 2 aromatic carbocycles. The van der Waals surface area contributed by atoms with Gasteiger partial charge in [0.15, 0.2) is 0 Å². The van der Waals surface area contributed by atoms with Crippen LogP contribution in [0.2, 0.25) is 0 Å². The minimum Gasteiger partial charge on any atom is -0.323 e. The van der Waals surface area contributed by atoms with Crippen LogP contribution in [0.1, 0.15) is 42.6 Å². The average molecular weight is 383 g/mol. The summed E-state index contributed by atoms with van der Waals surface area (Å²) in [7, 11) is 0. The average Bonchev–Trinajstić information content (AvgIpc) is 3.54. The molecule has 6 heteroatoms. The molecule has 2 amide bonds. The van der Waals surface area contributed by atoms with Gasteiger partial charge in [-0.1, -0.05) is 26.0 Å². The minimum absolute atomic E-state index is 0.0208. The van der Waals surface area contributed by atoms with Crippen molar-refractivity contribution in [3.8, 4) is 0 Å². The normalized spacial score (nSPS) is 13.4. The molecule has 0 heterocycles. The highest BCUT2D eigenvalue weighted by molar-refractivity contribution is 6.04. The van der Waals surface area contributed by atoms with E-state index in [2.05, 4.69) is 29.4 Å². The Kier molecular flexibility index (Phi) is 6.41. The summed E-state index contributed by atoms with van der Waals surface area (Å²) in [5.41, 5.74) is 2.19. The monoisotopic (exact) mass is 383 g/mol. The van der Waals surface area contributed by atoms with E-state index in [1.54, 1.807) is 12.1 Å². The van der Waals surface area contributed by atoms with E-state index in [1.165, 1.54) is 18.2 Å². The number of amides is 2. The Morgan fingerprint density at radius 3 is 2.32 bits per heavy atom. The number of anilines is 2. The molecule has 148 valence electrons. The van der Waals surface area contributed by atoms with E-state index >= 15 is 0 Å². The highest BCUT2D eigenvalue weighted by Crippen LogP contribution is 2.31. The topological polar surface area (TPSA) is 61.4 Å². The standard InChI is InChI=1S/C22H26FN3O2/c1-3-26(4-2)14-15-5-7-16(8-6-15)21(27)24-18-11-12-19(23)20(13-18)25-22(28)17-9-10-17/h5-8,11-13,17H,3-4,9-10,14H2,1-2H3,(H,24,27)(H,25,28). The highest BCUT2D eigenvalue weighted by Gasteiger charge is 2.30. The first-order chi connectivity index (χ1) is 13.5. The Hall–Kier alpha value is -2.73. The first kappa shape index (κ1) is 20.0. The van der Waals surface area contributed by atoms with Crippen LogP contribution < -0.4 is 10.6 Å². The molecule has 1 fully saturated rings. The van der Waals surface area contributed by atoms with Gasteiger partial charge < -0.3 is 10.6 Å². The molecule has 0 radical (unpaired) electrons. The number of benzene rings is 2. The number of rotatable bonds is 8. The van der Waals surface area contributed by atoms with E-state index in [-0.39, 0.29) is 23.4 Å². The Morgan fingerprint density at radius 1 is 1.04 bits per heavy atom. The molecule has 0 atom stereocenters. The number of hydrogen-bond acceptors (Lipinski definition) is 3. The third-order valence-corrected chi connectivity index (χ3v) is 4.95. The summed E-state index contributed by atoms with van der Waals surface area (Å²) in [5.74, 6) is -0.994. The number of halogens is 1. The largest absolute Gasteiger partial charge is 0.323 e. The van der Waals surface area contributed by atoms with Crippen molar-refractivity contribution in [2.45, 2.75) is 33.2 Å². The maximum absolute atomic E-state index is 13.9. The molecule has 5 nitrogen and oxygen atoms in total. The number of carbonyl (C=O) groups is 2. The van der Waals surface area contributed by atoms with E-state index in [0.717, 1.165) is 38.0 Å². The van der Waals surface area contributed by atoms with Crippen molar-refractivity contribution in [3.63, 3.8) is 0 Å². The van der Waals surface area contributed by atoms with Crippen LogP contribution in [0, 0.1) is 11.7 Å². The Morgan fingerprint density at radius 2 is 1.71 bits per heavy atom. The van der Waals surface area contributed by atoms with Crippen LogP contribution >= 0.6 is 0 Å². The van der Waals surface area contributed by atoms with Crippen molar-refractivity contribution in [2.24, 2.45) is 5.92 Å². The van der Waals surface area contributed by atoms with Gasteiger partial charge in [-0.15, -0.1) is 0 Å². The van der Waals surface area contributed by atoms with Gasteiger partial charge >= 0.3 is 0 Å². The number of hydrogen-bond donors (Lipinski definition) is 2. The molecule has 3 rings (SSSR count). The molecule has 28 heavy (non-hydrogen) atoms. The molecule has 1 aliphatic carbocycles. The summed E-state index contributed by atoms with van der Waals surface area (Å²) in [6.45, 7) is 7.04. The predicted octanol–water partition coefficient (Wildman–Crippen LogP) is 4.27. The van der Waals surface area contributed by atoms with Gasteiger partial charge in [0.05, 0.1) is 5.69 Å². The fourth-order valence-electron chi connectivity index (χ4n) is 2.95. The third-order valence-electron chi connectivity index (χ3n) is 4.95. The van der Waals surface area contributed by atoms with Crippen LogP contribution in [-0.4, -0.2) is 29.8 Å². The van der Waals surface area contributed by atoms with E-state index in [9.17, 15) is 14.0 Å². The molecule has 0 aromatic heterocycles. The summed E-state index contributed by atoms with van der Waals surface area (Å²) in [5, 5.41) is 5.35. The molecule has 2 aromatic rings. The molecule has 0 spiro atoms. The van der Waals surface area contributed by atoms with Crippen molar-refractivity contribution in [1.82, 2.24) is 4.90 Å². The summed E-state index contributed by atoms with van der Waals surface area (Å²) in [4.78, 5) is 26.7. The quantitative estimate of drug-likeness (QED) is 0.716. The van der Waals surface area contributed by atoms with Gasteiger partial charge in [0.1, 0.15) is 5.82 Å². The summed E-state index contributed by atoms with van der Waals surface area (Å²) < 4.78 is 13.9. The molecule has 0 bridgehead atoms. The fraction of sp³-hybridized carbons (Fsp3) is 0.364. The maximum Gasteiger partial charge on any atom is 0.255 e. The molecular formula is C22H26FN3O2. The van der Waals surface area contributed by atoms with Crippen molar-refractivity contribution in [3.05, 3.63) is 59.4 Å². The van der Waals surface area contributed by atoms with Gasteiger partial charge in [0.25, 0.3) is 5.91 Å². The van der Waals surface area contributed by atoms with Gasteiger partial charge in [-0.05, 0) is 61.8 Å². The molecule has 1 saturated carbocycles. The van der Waals surface area contributed by atoms with Gasteiger partial charge in [-0.2, -0.15) is 0 Å². The van der Waals surface area contributed by atoms with Crippen LogP contribution in [0.25, 0.3) is 0 Å². The van der Waals surface area contributed by atoms with Crippen LogP contribution in [0.15, 0.2) is 42.5 Å². The number of nitrogens with zero attached hydrogens (tertiary/aromatic N) is 1. The van der Waals surface area contributed by atoms with E-state index in [4.69, 9.17) is 0 Å². The SMILES string of the molecule is CCN(CC)Cc1ccc(C(=O)Nc2ccc(F)c(NC(=O)C3CC3)c2)cc1. The fourth-order valence-corrected chi connectivity index (χ4v) is 2.95. The molecule has 2 N–H and O–H groups in total. The molecule has 0 unspecified atom stereocenters. The lowest BCUT2D eigenvalue weighted by Gasteiger charge is -2.18. The Bertz CT molecular complexity index is 843. The second-order valence-corrected chi connectivity index (χ2v) is 7.07. The van der Waals surface area contributed by atoms with E-state index in [1.807, 2.05) is 12.1 Å². The second kappa shape index (κ2) is 8.97. The van der Waals surface area contributed by atoms with Crippen LogP contribution in [0.3, 0.4) is 0 Å². The van der Waals surface area contributed by atoms with Crippen molar-refractivity contribution in [2.75, 3.05) is 23.7 Å². The molecule has 1 aliphatic rings. The van der Waals surface area contributed by atoms with Gasteiger partial charge in [0.2, 0.25) is 5.91 Å². The predicted molar refractivity (Wildman–Crippen MR) is 109 cm³/mol. The van der Waals surface area contributed by atoms with Crippen molar-refractivity contribution in [1.29, 1.82) is 0 Å². The Balaban J connectivity index is 1.64. The van der Waals surface area contributed by atoms with E-state index in [0.29, 0.717) is 11.3 Å². The molecule has 0 aliphatic heterocycles. The highest BCUT2D eigenvalue weighted by atomic mass is 19.1. The zero-order chi connectivity index (χ0) is 20.1. The lowest BCUT2D eigenvalue weighted by Crippen LogP contribution is -2.22. The number of carbonyl (C=O) groups excluding carboxylic acids is 2. The van der Waals surface area contributed by atoms with E-state index < -0.39 is 5.82 Å². The Labute approximate surface area is 164 Å². The first-order valence-corrected chi connectivity index (χ1v) is 9.73. The summed E-state index contributed by atoms with van der Waals surface area (Å²) in [6, 6.07) is 11.6. The first-order valence-electron chi connectivity index (χ1n) is 9.73. The minimum atomic E-state index is -0.521. The van der Waals surface area contributed by atoms with Crippen LogP contribution in [0.4, 0.5) is 15.8 Å². The lowest BCUT2D eigenvalue weighted by atomic mass is 10.1. The second-order valence-electron chi connectivity index (χ2n) is 7.07. The lowest BCUT2D eigenvalue weighted by molar-refractivity contribution is -0.117. The smallest absolute Gasteiger partial charge is 0.255 e. The van der Waals surface area contributed by atoms with Crippen LogP contribution in [-0.2, 0) is 11.3 Å². The van der Waals surface area contributed by atoms with Gasteiger partial charge in [-0.3, -0.25) is 14.5 Å². The van der Waals surface area contributed by atoms with Gasteiger partial charge in [0, 0.05) is 23.7 Å². The van der Waals surface area contributed by atoms with Gasteiger partial charge in [-0.25, -0.2) is 4.39 Å². The third kappa shape index (κ3) is 5.16.